The van der Waals surface area contributed by atoms with E-state index in [1.165, 1.54) is 15.9 Å². The number of nitrogens with two attached hydrogens (primary N) is 1. The highest BCUT2D eigenvalue weighted by atomic mass is 16.6. The van der Waals surface area contributed by atoms with Gasteiger partial charge in [-0.3, -0.25) is 24.2 Å². The van der Waals surface area contributed by atoms with Gasteiger partial charge in [0.25, 0.3) is 17.7 Å². The molecule has 3 amide bonds. The fourth-order valence-corrected chi connectivity index (χ4v) is 4.56. The number of benzene rings is 2. The van der Waals surface area contributed by atoms with Crippen LogP contribution in [-0.4, -0.2) is 75.0 Å². The molecule has 2 aromatic carbocycles. The number of hydrogen-bond donors (Lipinski definition) is 4. The minimum absolute atomic E-state index is 0.0367. The zero-order valence-corrected chi connectivity index (χ0v) is 19.0. The number of fused-ring (bicyclic) bond motifs is 1. The van der Waals surface area contributed by atoms with E-state index >= 15 is 0 Å². The summed E-state index contributed by atoms with van der Waals surface area (Å²) in [5, 5.41) is 23.8. The number of β-lactam (4-membered cyclic amide) rings is 1. The SMILES string of the molecule is Cc1c(O)cccc1C(=O)N[C@@H](Cc1ccccc1)[C@H](O)C(=O)N1COC2(C)[C@H]1C(=O)N2CN. The van der Waals surface area contributed by atoms with Crippen LogP contribution in [0.5, 0.6) is 5.75 Å². The predicted molar refractivity (Wildman–Crippen MR) is 121 cm³/mol. The summed E-state index contributed by atoms with van der Waals surface area (Å²) in [6.07, 6.45) is -1.48. The van der Waals surface area contributed by atoms with Gasteiger partial charge in [-0.2, -0.15) is 0 Å². The standard InChI is InChI=1S/C24H28N4O6/c1-14-16(9-6-10-18(14)29)21(31)26-17(11-15-7-4-3-5-8-15)19(30)22(32)27-13-34-24(2)20(27)23(33)28(24)12-25/h3-10,17,19-20,29-30H,11-13,25H2,1-2H3,(H,26,31)/t17-,19-,20+,24?/m0/s1. The molecule has 2 aliphatic heterocycles. The monoisotopic (exact) mass is 468 g/mol. The van der Waals surface area contributed by atoms with Crippen molar-refractivity contribution >= 4 is 17.7 Å². The van der Waals surface area contributed by atoms with Crippen LogP contribution in [0.25, 0.3) is 0 Å². The molecule has 2 aromatic rings. The Morgan fingerprint density at radius 1 is 1.24 bits per heavy atom. The Balaban J connectivity index is 1.57. The van der Waals surface area contributed by atoms with Gasteiger partial charge in [0.05, 0.1) is 12.7 Å². The normalized spacial score (nSPS) is 23.2. The van der Waals surface area contributed by atoms with Crippen LogP contribution in [0.2, 0.25) is 0 Å². The summed E-state index contributed by atoms with van der Waals surface area (Å²) in [7, 11) is 0. The third-order valence-electron chi connectivity index (χ3n) is 6.62. The molecular weight excluding hydrogens is 440 g/mol. The van der Waals surface area contributed by atoms with E-state index < -0.39 is 35.7 Å². The van der Waals surface area contributed by atoms with E-state index in [1.807, 2.05) is 30.3 Å². The van der Waals surface area contributed by atoms with Gasteiger partial charge in [-0.1, -0.05) is 36.4 Å². The van der Waals surface area contributed by atoms with Gasteiger partial charge in [-0.25, -0.2) is 0 Å². The lowest BCUT2D eigenvalue weighted by atomic mass is 9.91. The van der Waals surface area contributed by atoms with Gasteiger partial charge in [-0.15, -0.1) is 0 Å². The number of carbonyl (C=O) groups is 3. The highest BCUT2D eigenvalue weighted by Crippen LogP contribution is 2.41. The number of hydrogen-bond acceptors (Lipinski definition) is 7. The molecule has 180 valence electrons. The van der Waals surface area contributed by atoms with E-state index in [-0.39, 0.29) is 37.0 Å². The van der Waals surface area contributed by atoms with Crippen molar-refractivity contribution in [3.05, 3.63) is 65.2 Å². The number of aliphatic hydroxyl groups excluding tert-OH is 1. The summed E-state index contributed by atoms with van der Waals surface area (Å²) < 4.78 is 5.68. The summed E-state index contributed by atoms with van der Waals surface area (Å²) >= 11 is 0. The first-order chi connectivity index (χ1) is 16.2. The Bertz CT molecular complexity index is 1110. The Hall–Kier alpha value is -3.47. The van der Waals surface area contributed by atoms with Crippen LogP contribution in [0.4, 0.5) is 0 Å². The van der Waals surface area contributed by atoms with Crippen LogP contribution in [-0.2, 0) is 20.7 Å². The van der Waals surface area contributed by atoms with Crippen molar-refractivity contribution in [3.8, 4) is 5.75 Å². The third kappa shape index (κ3) is 3.89. The molecule has 4 rings (SSSR count). The minimum atomic E-state index is -1.65. The third-order valence-corrected chi connectivity index (χ3v) is 6.62. The number of phenolic OH excluding ortho intramolecular Hbond substituents is 1. The zero-order valence-electron chi connectivity index (χ0n) is 19.0. The molecule has 0 spiro atoms. The lowest BCUT2D eigenvalue weighted by molar-refractivity contribution is -0.199. The largest absolute Gasteiger partial charge is 0.508 e. The molecule has 10 nitrogen and oxygen atoms in total. The molecule has 0 radical (unpaired) electrons. The van der Waals surface area contributed by atoms with E-state index in [9.17, 15) is 24.6 Å². The molecule has 34 heavy (non-hydrogen) atoms. The molecule has 0 aromatic heterocycles. The first-order valence-electron chi connectivity index (χ1n) is 11.0. The molecule has 2 fully saturated rings. The van der Waals surface area contributed by atoms with Crippen LogP contribution >= 0.6 is 0 Å². The molecule has 10 heteroatoms. The Morgan fingerprint density at radius 2 is 1.94 bits per heavy atom. The number of ether oxygens (including phenoxy) is 1. The first kappa shape index (κ1) is 23.7. The quantitative estimate of drug-likeness (QED) is 0.421. The van der Waals surface area contributed by atoms with Gasteiger partial charge in [-0.05, 0) is 38.0 Å². The number of carbonyl (C=O) groups excluding carboxylic acids is 3. The molecular formula is C24H28N4O6. The molecule has 1 unspecified atom stereocenters. The number of likely N-dealkylation sites (tertiary alicyclic amines) is 1. The summed E-state index contributed by atoms with van der Waals surface area (Å²) in [5.41, 5.74) is 5.98. The van der Waals surface area contributed by atoms with Crippen LogP contribution in [0.1, 0.15) is 28.4 Å². The Labute approximate surface area is 196 Å². The highest BCUT2D eigenvalue weighted by Gasteiger charge is 2.66. The molecule has 4 atom stereocenters. The van der Waals surface area contributed by atoms with Crippen molar-refractivity contribution in [1.29, 1.82) is 0 Å². The summed E-state index contributed by atoms with van der Waals surface area (Å²) in [4.78, 5) is 41.3. The maximum atomic E-state index is 13.3. The van der Waals surface area contributed by atoms with Crippen LogP contribution in [0, 0.1) is 6.92 Å². The van der Waals surface area contributed by atoms with Crippen molar-refractivity contribution in [2.45, 2.75) is 44.2 Å². The lowest BCUT2D eigenvalue weighted by Crippen LogP contribution is -2.76. The van der Waals surface area contributed by atoms with Crippen LogP contribution < -0.4 is 11.1 Å². The maximum absolute atomic E-state index is 13.3. The minimum Gasteiger partial charge on any atom is -0.508 e. The summed E-state index contributed by atoms with van der Waals surface area (Å²) in [6.45, 7) is 3.04. The topological polar surface area (TPSA) is 145 Å². The molecule has 2 saturated heterocycles. The maximum Gasteiger partial charge on any atom is 0.256 e. The second kappa shape index (κ2) is 9.05. The van der Waals surface area contributed by atoms with Gasteiger partial charge < -0.3 is 26.0 Å². The predicted octanol–water partition coefficient (Wildman–Crippen LogP) is 0.0621. The fourth-order valence-electron chi connectivity index (χ4n) is 4.56. The average Bonchev–Trinajstić information content (AvgIpc) is 3.13. The van der Waals surface area contributed by atoms with E-state index in [2.05, 4.69) is 5.32 Å². The van der Waals surface area contributed by atoms with E-state index in [0.29, 0.717) is 5.56 Å². The Morgan fingerprint density at radius 3 is 2.62 bits per heavy atom. The van der Waals surface area contributed by atoms with Gasteiger partial charge in [0.2, 0.25) is 0 Å². The second-order valence-corrected chi connectivity index (χ2v) is 8.65. The molecule has 5 N–H and O–H groups in total. The molecule has 2 aliphatic rings. The average molecular weight is 469 g/mol. The van der Waals surface area contributed by atoms with Crippen LogP contribution in [0.3, 0.4) is 0 Å². The highest BCUT2D eigenvalue weighted by molar-refractivity contribution is 5.98. The van der Waals surface area contributed by atoms with Crippen molar-refractivity contribution in [3.63, 3.8) is 0 Å². The number of phenols is 1. The molecule has 2 heterocycles. The van der Waals surface area contributed by atoms with Crippen molar-refractivity contribution in [1.82, 2.24) is 15.1 Å². The zero-order chi connectivity index (χ0) is 24.6. The number of rotatable bonds is 7. The lowest BCUT2D eigenvalue weighted by Gasteiger charge is -2.50. The van der Waals surface area contributed by atoms with Crippen molar-refractivity contribution in [2.75, 3.05) is 13.4 Å². The van der Waals surface area contributed by atoms with E-state index in [1.54, 1.807) is 26.0 Å². The summed E-state index contributed by atoms with van der Waals surface area (Å²) in [5.74, 6) is -1.67. The van der Waals surface area contributed by atoms with E-state index in [4.69, 9.17) is 10.5 Å². The Kier molecular flexibility index (Phi) is 6.30. The number of nitrogens with zero attached hydrogens (tertiary/aromatic N) is 2. The van der Waals surface area contributed by atoms with Gasteiger partial charge in [0.15, 0.2) is 17.9 Å². The van der Waals surface area contributed by atoms with Gasteiger partial charge >= 0.3 is 0 Å². The van der Waals surface area contributed by atoms with Gasteiger partial charge in [0, 0.05) is 11.1 Å². The summed E-state index contributed by atoms with van der Waals surface area (Å²) in [6, 6.07) is 11.8. The first-order valence-corrected chi connectivity index (χ1v) is 11.0. The number of aromatic hydroxyl groups is 1. The van der Waals surface area contributed by atoms with Gasteiger partial charge in [0.1, 0.15) is 12.5 Å². The van der Waals surface area contributed by atoms with Crippen molar-refractivity contribution < 1.29 is 29.3 Å². The van der Waals surface area contributed by atoms with Crippen LogP contribution in [0.15, 0.2) is 48.5 Å². The second-order valence-electron chi connectivity index (χ2n) is 8.65. The van der Waals surface area contributed by atoms with E-state index in [0.717, 1.165) is 5.56 Å². The smallest absolute Gasteiger partial charge is 0.256 e. The molecule has 0 bridgehead atoms. The number of amides is 3. The molecule has 0 aliphatic carbocycles. The number of aliphatic hydroxyl groups is 1. The number of nitrogens with one attached hydrogen (secondary N) is 1. The van der Waals surface area contributed by atoms with Crippen molar-refractivity contribution in [2.24, 2.45) is 5.73 Å². The fraction of sp³-hybridized carbons (Fsp3) is 0.375. The molecule has 0 saturated carbocycles.